The van der Waals surface area contributed by atoms with Crippen molar-refractivity contribution >= 4 is 5.78 Å². The highest BCUT2D eigenvalue weighted by atomic mass is 16.5. The quantitative estimate of drug-likeness (QED) is 0.533. The number of phenols is 1. The molecule has 1 aliphatic rings. The van der Waals surface area contributed by atoms with Gasteiger partial charge in [0.05, 0.1) is 25.0 Å². The summed E-state index contributed by atoms with van der Waals surface area (Å²) in [5.41, 5.74) is 1.79. The minimum Gasteiger partial charge on any atom is -0.507 e. The number of hydrogen-bond acceptors (Lipinski definition) is 6. The maximum Gasteiger partial charge on any atom is 0.226 e. The Hall–Kier alpha value is -3.28. The third kappa shape index (κ3) is 4.59. The van der Waals surface area contributed by atoms with Crippen molar-refractivity contribution in [3.05, 3.63) is 60.0 Å². The van der Waals surface area contributed by atoms with Gasteiger partial charge in [0.15, 0.2) is 17.3 Å². The second kappa shape index (κ2) is 8.39. The number of carbonyl (C=O) groups is 1. The van der Waals surface area contributed by atoms with E-state index in [-0.39, 0.29) is 18.0 Å². The van der Waals surface area contributed by atoms with Gasteiger partial charge >= 0.3 is 0 Å². The number of benzene rings is 2. The molecule has 1 N–H and O–H groups in total. The van der Waals surface area contributed by atoms with E-state index in [0.717, 1.165) is 5.56 Å². The van der Waals surface area contributed by atoms with Crippen LogP contribution in [-0.2, 0) is 6.42 Å². The molecule has 6 nitrogen and oxygen atoms in total. The zero-order valence-electron chi connectivity index (χ0n) is 16.3. The first-order valence-electron chi connectivity index (χ1n) is 9.71. The molecule has 4 rings (SSSR count). The average Bonchev–Trinajstić information content (AvgIpc) is 3.45. The maximum atomic E-state index is 12.3. The van der Waals surface area contributed by atoms with E-state index in [0.29, 0.717) is 47.6 Å². The Labute approximate surface area is 169 Å². The number of oxazole rings is 1. The van der Waals surface area contributed by atoms with E-state index >= 15 is 0 Å². The van der Waals surface area contributed by atoms with Gasteiger partial charge in [-0.2, -0.15) is 0 Å². The maximum absolute atomic E-state index is 12.3. The van der Waals surface area contributed by atoms with Crippen LogP contribution in [0, 0.1) is 5.92 Å². The largest absolute Gasteiger partial charge is 0.507 e. The van der Waals surface area contributed by atoms with Crippen molar-refractivity contribution in [3.63, 3.8) is 0 Å². The van der Waals surface area contributed by atoms with Crippen LogP contribution in [-0.4, -0.2) is 29.6 Å². The van der Waals surface area contributed by atoms with Crippen molar-refractivity contribution in [3.8, 4) is 28.7 Å². The minimum absolute atomic E-state index is 0.00435. The van der Waals surface area contributed by atoms with Crippen molar-refractivity contribution in [2.75, 3.05) is 13.7 Å². The van der Waals surface area contributed by atoms with Crippen LogP contribution in [0.2, 0.25) is 0 Å². The molecule has 2 aromatic carbocycles. The fourth-order valence-electron chi connectivity index (χ4n) is 3.05. The number of aryl methyl sites for hydroxylation is 1. The van der Waals surface area contributed by atoms with Crippen LogP contribution >= 0.6 is 0 Å². The summed E-state index contributed by atoms with van der Waals surface area (Å²) in [4.78, 5) is 16.8. The fourth-order valence-corrected chi connectivity index (χ4v) is 3.05. The number of ether oxygens (including phenoxy) is 2. The van der Waals surface area contributed by atoms with E-state index in [1.54, 1.807) is 31.6 Å². The highest BCUT2D eigenvalue weighted by Gasteiger charge is 2.23. The van der Waals surface area contributed by atoms with Gasteiger partial charge in [0.1, 0.15) is 12.0 Å². The molecule has 1 fully saturated rings. The number of Topliss-reactive ketones (excluding diaryl/α,β-unsaturated/α-hetero) is 1. The first kappa shape index (κ1) is 19.1. The Morgan fingerprint density at radius 3 is 2.79 bits per heavy atom. The number of carbonyl (C=O) groups excluding carboxylic acids is 1. The Morgan fingerprint density at radius 1 is 1.21 bits per heavy atom. The van der Waals surface area contributed by atoms with Gasteiger partial charge in [-0.25, -0.2) is 4.98 Å². The Bertz CT molecular complexity index is 1010. The molecule has 0 atom stereocenters. The number of ketones is 1. The lowest BCUT2D eigenvalue weighted by molar-refractivity contribution is 0.0980. The zero-order valence-corrected chi connectivity index (χ0v) is 16.3. The molecular formula is C23H23NO5. The molecule has 1 heterocycles. The summed E-state index contributed by atoms with van der Waals surface area (Å²) in [6.45, 7) is 0.686. The summed E-state index contributed by atoms with van der Waals surface area (Å²) in [6, 6.07) is 12.1. The SMILES string of the molecule is COc1ccc(-c2nc(CCC(=O)c3ccccc3O)co2)cc1OCC1CC1. The number of rotatable bonds is 9. The third-order valence-corrected chi connectivity index (χ3v) is 4.95. The second-order valence-electron chi connectivity index (χ2n) is 7.20. The number of nitrogens with zero attached hydrogens (tertiary/aromatic N) is 1. The van der Waals surface area contributed by atoms with Crippen LogP contribution in [0.5, 0.6) is 17.2 Å². The molecule has 0 bridgehead atoms. The summed E-state index contributed by atoms with van der Waals surface area (Å²) < 4.78 is 16.9. The van der Waals surface area contributed by atoms with Gasteiger partial charge in [-0.05, 0) is 49.1 Å². The van der Waals surface area contributed by atoms with Crippen molar-refractivity contribution in [1.29, 1.82) is 0 Å². The van der Waals surface area contributed by atoms with Gasteiger partial charge in [0.25, 0.3) is 0 Å². The van der Waals surface area contributed by atoms with E-state index < -0.39 is 0 Å². The van der Waals surface area contributed by atoms with Gasteiger partial charge in [-0.1, -0.05) is 12.1 Å². The zero-order chi connectivity index (χ0) is 20.2. The molecule has 0 radical (unpaired) electrons. The molecule has 29 heavy (non-hydrogen) atoms. The van der Waals surface area contributed by atoms with E-state index in [2.05, 4.69) is 4.98 Å². The van der Waals surface area contributed by atoms with Crippen LogP contribution in [0.25, 0.3) is 11.5 Å². The van der Waals surface area contributed by atoms with Crippen molar-refractivity contribution in [2.45, 2.75) is 25.7 Å². The molecule has 0 saturated heterocycles. The second-order valence-corrected chi connectivity index (χ2v) is 7.20. The van der Waals surface area contributed by atoms with E-state index in [1.807, 2.05) is 18.2 Å². The van der Waals surface area contributed by atoms with Crippen molar-refractivity contribution < 1.29 is 23.8 Å². The Kier molecular flexibility index (Phi) is 5.51. The van der Waals surface area contributed by atoms with Crippen molar-refractivity contribution in [2.24, 2.45) is 5.92 Å². The predicted molar refractivity (Wildman–Crippen MR) is 107 cm³/mol. The smallest absolute Gasteiger partial charge is 0.226 e. The highest BCUT2D eigenvalue weighted by molar-refractivity contribution is 5.98. The number of aromatic hydroxyl groups is 1. The standard InChI is InChI=1S/C23H23NO5/c1-27-21-11-8-16(12-22(21)28-13-15-6-7-15)23-24-17(14-29-23)9-10-20(26)18-4-2-3-5-19(18)25/h2-5,8,11-12,14-15,25H,6-7,9-10,13H2,1H3. The fraction of sp³-hybridized carbons (Fsp3) is 0.304. The topological polar surface area (TPSA) is 81.8 Å². The molecule has 0 unspecified atom stereocenters. The molecule has 0 amide bonds. The average molecular weight is 393 g/mol. The Balaban J connectivity index is 1.43. The van der Waals surface area contributed by atoms with Crippen LogP contribution in [0.1, 0.15) is 35.3 Å². The van der Waals surface area contributed by atoms with Gasteiger partial charge in [-0.3, -0.25) is 4.79 Å². The van der Waals surface area contributed by atoms with Crippen molar-refractivity contribution in [1.82, 2.24) is 4.98 Å². The predicted octanol–water partition coefficient (Wildman–Crippen LogP) is 4.66. The lowest BCUT2D eigenvalue weighted by Crippen LogP contribution is -2.02. The van der Waals surface area contributed by atoms with Crippen LogP contribution < -0.4 is 9.47 Å². The van der Waals surface area contributed by atoms with Gasteiger partial charge in [0, 0.05) is 18.4 Å². The van der Waals surface area contributed by atoms with Crippen LogP contribution in [0.3, 0.4) is 0 Å². The molecule has 0 spiro atoms. The molecule has 0 aliphatic heterocycles. The lowest BCUT2D eigenvalue weighted by Gasteiger charge is -2.11. The van der Waals surface area contributed by atoms with Gasteiger partial charge in [0.2, 0.25) is 5.89 Å². The number of aromatic nitrogens is 1. The number of para-hydroxylation sites is 1. The van der Waals surface area contributed by atoms with E-state index in [9.17, 15) is 9.90 Å². The van der Waals surface area contributed by atoms with Gasteiger partial charge < -0.3 is 19.0 Å². The molecule has 1 aromatic heterocycles. The molecule has 1 saturated carbocycles. The third-order valence-electron chi connectivity index (χ3n) is 4.95. The number of phenolic OH excluding ortho intramolecular Hbond substituents is 1. The first-order valence-corrected chi connectivity index (χ1v) is 9.71. The number of methoxy groups -OCH3 is 1. The molecular weight excluding hydrogens is 370 g/mol. The minimum atomic E-state index is -0.132. The summed E-state index contributed by atoms with van der Waals surface area (Å²) in [7, 11) is 1.61. The summed E-state index contributed by atoms with van der Waals surface area (Å²) >= 11 is 0. The summed E-state index contributed by atoms with van der Waals surface area (Å²) in [6.07, 6.45) is 4.65. The molecule has 6 heteroatoms. The Morgan fingerprint density at radius 2 is 2.03 bits per heavy atom. The monoisotopic (exact) mass is 393 g/mol. The molecule has 150 valence electrons. The van der Waals surface area contributed by atoms with Gasteiger partial charge in [-0.15, -0.1) is 0 Å². The summed E-state index contributed by atoms with van der Waals surface area (Å²) in [5.74, 6) is 2.32. The van der Waals surface area contributed by atoms with E-state index in [1.165, 1.54) is 18.9 Å². The highest BCUT2D eigenvalue weighted by Crippen LogP contribution is 2.35. The summed E-state index contributed by atoms with van der Waals surface area (Å²) in [5, 5.41) is 9.80. The lowest BCUT2D eigenvalue weighted by atomic mass is 10.0. The first-order chi connectivity index (χ1) is 14.1. The number of hydrogen-bond donors (Lipinski definition) is 1. The normalized spacial score (nSPS) is 13.3. The van der Waals surface area contributed by atoms with Crippen LogP contribution in [0.15, 0.2) is 53.1 Å². The molecule has 1 aliphatic carbocycles. The van der Waals surface area contributed by atoms with Crippen LogP contribution in [0.4, 0.5) is 0 Å². The van der Waals surface area contributed by atoms with E-state index in [4.69, 9.17) is 13.9 Å². The molecule has 3 aromatic rings.